The molecule has 0 bridgehead atoms. The van der Waals surface area contributed by atoms with Crippen LogP contribution in [0.1, 0.15) is 36.1 Å². The van der Waals surface area contributed by atoms with Crippen LogP contribution >= 0.6 is 11.6 Å². The van der Waals surface area contributed by atoms with Crippen LogP contribution in [0.3, 0.4) is 0 Å². The highest BCUT2D eigenvalue weighted by Gasteiger charge is 2.13. The smallest absolute Gasteiger partial charge is 0.0438 e. The van der Waals surface area contributed by atoms with E-state index in [1.54, 1.807) is 0 Å². The molecule has 2 heteroatoms. The van der Waals surface area contributed by atoms with Gasteiger partial charge in [-0.05, 0) is 55.7 Å². The summed E-state index contributed by atoms with van der Waals surface area (Å²) in [4.78, 5) is 4.47. The van der Waals surface area contributed by atoms with Crippen LogP contribution in [0, 0.1) is 0 Å². The van der Waals surface area contributed by atoms with E-state index in [1.165, 1.54) is 42.5 Å². The average molecular weight is 210 g/mol. The maximum absolute atomic E-state index is 5.71. The van der Waals surface area contributed by atoms with Crippen molar-refractivity contribution in [2.24, 2.45) is 0 Å². The minimum Gasteiger partial charge on any atom is -0.261 e. The Balaban J connectivity index is 2.21. The topological polar surface area (TPSA) is 12.9 Å². The Morgan fingerprint density at radius 2 is 2.14 bits per heavy atom. The molecule has 1 aromatic rings. The van der Waals surface area contributed by atoms with E-state index in [-0.39, 0.29) is 0 Å². The zero-order valence-corrected chi connectivity index (χ0v) is 9.19. The molecule has 0 aromatic carbocycles. The van der Waals surface area contributed by atoms with Gasteiger partial charge < -0.3 is 0 Å². The van der Waals surface area contributed by atoms with Crippen LogP contribution in [0.25, 0.3) is 0 Å². The summed E-state index contributed by atoms with van der Waals surface area (Å²) in [5.74, 6) is 0.741. The lowest BCUT2D eigenvalue weighted by atomic mass is 9.90. The molecule has 0 amide bonds. The van der Waals surface area contributed by atoms with Crippen molar-refractivity contribution in [3.63, 3.8) is 0 Å². The molecular weight excluding hydrogens is 194 g/mol. The van der Waals surface area contributed by atoms with Crippen LogP contribution in [-0.2, 0) is 19.3 Å². The molecule has 0 aliphatic heterocycles. The molecule has 0 radical (unpaired) electrons. The van der Waals surface area contributed by atoms with Crippen molar-refractivity contribution in [3.8, 4) is 0 Å². The summed E-state index contributed by atoms with van der Waals surface area (Å²) in [5.41, 5.74) is 4.34. The summed E-state index contributed by atoms with van der Waals surface area (Å²) in [7, 11) is 0. The highest BCUT2D eigenvalue weighted by Crippen LogP contribution is 2.23. The first kappa shape index (κ1) is 9.97. The van der Waals surface area contributed by atoms with E-state index in [0.717, 1.165) is 18.7 Å². The minimum absolute atomic E-state index is 0.741. The number of aryl methyl sites for hydroxylation is 2. The second kappa shape index (κ2) is 4.79. The number of hydrogen-bond donors (Lipinski definition) is 0. The van der Waals surface area contributed by atoms with Crippen LogP contribution in [-0.4, -0.2) is 10.9 Å². The van der Waals surface area contributed by atoms with Crippen LogP contribution in [0.2, 0.25) is 0 Å². The summed E-state index contributed by atoms with van der Waals surface area (Å²) < 4.78 is 0. The first-order chi connectivity index (χ1) is 6.92. The van der Waals surface area contributed by atoms with E-state index < -0.39 is 0 Å². The quantitative estimate of drug-likeness (QED) is 0.698. The predicted octanol–water partition coefficient (Wildman–Crippen LogP) is 3.13. The van der Waals surface area contributed by atoms with Crippen molar-refractivity contribution in [1.29, 1.82) is 0 Å². The number of aromatic nitrogens is 1. The molecule has 1 aliphatic carbocycles. The van der Waals surface area contributed by atoms with Crippen molar-refractivity contribution in [2.45, 2.75) is 38.5 Å². The zero-order valence-electron chi connectivity index (χ0n) is 8.43. The Labute approximate surface area is 90.5 Å². The van der Waals surface area contributed by atoms with Gasteiger partial charge in [-0.1, -0.05) is 0 Å². The number of alkyl halides is 1. The second-order valence-electron chi connectivity index (χ2n) is 3.89. The monoisotopic (exact) mass is 209 g/mol. The highest BCUT2D eigenvalue weighted by atomic mass is 35.5. The number of hydrogen-bond acceptors (Lipinski definition) is 1. The van der Waals surface area contributed by atoms with Gasteiger partial charge in [-0.25, -0.2) is 0 Å². The third kappa shape index (κ3) is 2.09. The van der Waals surface area contributed by atoms with E-state index in [2.05, 4.69) is 11.1 Å². The molecule has 0 fully saturated rings. The van der Waals surface area contributed by atoms with E-state index >= 15 is 0 Å². The van der Waals surface area contributed by atoms with Crippen LogP contribution < -0.4 is 0 Å². The van der Waals surface area contributed by atoms with E-state index in [1.807, 2.05) is 6.20 Å². The summed E-state index contributed by atoms with van der Waals surface area (Å²) in [6.07, 6.45) is 9.18. The predicted molar refractivity (Wildman–Crippen MR) is 59.9 cm³/mol. The van der Waals surface area contributed by atoms with Gasteiger partial charge in [0.15, 0.2) is 0 Å². The largest absolute Gasteiger partial charge is 0.261 e. The normalized spacial score (nSPS) is 15.2. The van der Waals surface area contributed by atoms with Gasteiger partial charge in [0.05, 0.1) is 0 Å². The summed E-state index contributed by atoms with van der Waals surface area (Å²) >= 11 is 5.71. The van der Waals surface area contributed by atoms with Gasteiger partial charge in [-0.2, -0.15) is 0 Å². The highest BCUT2D eigenvalue weighted by molar-refractivity contribution is 6.17. The number of halogens is 1. The van der Waals surface area contributed by atoms with Gasteiger partial charge in [0.1, 0.15) is 0 Å². The molecule has 0 unspecified atom stereocenters. The maximum Gasteiger partial charge on any atom is 0.0438 e. The van der Waals surface area contributed by atoms with E-state index in [9.17, 15) is 0 Å². The molecule has 1 aliphatic rings. The Hall–Kier alpha value is -0.560. The molecule has 1 heterocycles. The Morgan fingerprint density at radius 3 is 3.00 bits per heavy atom. The van der Waals surface area contributed by atoms with Crippen molar-refractivity contribution in [2.75, 3.05) is 5.88 Å². The zero-order chi connectivity index (χ0) is 9.80. The van der Waals surface area contributed by atoms with Gasteiger partial charge in [0.25, 0.3) is 0 Å². The summed E-state index contributed by atoms with van der Waals surface area (Å²) in [5, 5.41) is 0. The molecule has 0 N–H and O–H groups in total. The number of pyridine rings is 1. The lowest BCUT2D eigenvalue weighted by molar-refractivity contribution is 0.669. The van der Waals surface area contributed by atoms with Gasteiger partial charge >= 0.3 is 0 Å². The Kier molecular flexibility index (Phi) is 3.41. The fourth-order valence-corrected chi connectivity index (χ4v) is 2.32. The van der Waals surface area contributed by atoms with Crippen molar-refractivity contribution in [1.82, 2.24) is 4.98 Å². The Morgan fingerprint density at radius 1 is 1.29 bits per heavy atom. The molecular formula is C12H16ClN. The van der Waals surface area contributed by atoms with Gasteiger partial charge in [-0.15, -0.1) is 11.6 Å². The molecule has 76 valence electrons. The second-order valence-corrected chi connectivity index (χ2v) is 4.27. The molecule has 2 rings (SSSR count). The van der Waals surface area contributed by atoms with E-state index in [0.29, 0.717) is 0 Å². The number of fused-ring (bicyclic) bond motifs is 1. The van der Waals surface area contributed by atoms with Gasteiger partial charge in [0, 0.05) is 17.8 Å². The molecule has 1 nitrogen and oxygen atoms in total. The summed E-state index contributed by atoms with van der Waals surface area (Å²) in [6.45, 7) is 0. The molecule has 0 saturated carbocycles. The third-order valence-electron chi connectivity index (χ3n) is 2.91. The summed E-state index contributed by atoms with van der Waals surface area (Å²) in [6, 6.07) is 2.18. The average Bonchev–Trinajstić information content (AvgIpc) is 2.26. The first-order valence-electron chi connectivity index (χ1n) is 5.43. The molecule has 14 heavy (non-hydrogen) atoms. The lowest BCUT2D eigenvalue weighted by Crippen LogP contribution is -2.08. The van der Waals surface area contributed by atoms with Gasteiger partial charge in [-0.3, -0.25) is 4.98 Å². The maximum atomic E-state index is 5.71. The number of rotatable bonds is 3. The van der Waals surface area contributed by atoms with Crippen molar-refractivity contribution in [3.05, 3.63) is 29.1 Å². The van der Waals surface area contributed by atoms with Crippen LogP contribution in [0.4, 0.5) is 0 Å². The third-order valence-corrected chi connectivity index (χ3v) is 3.18. The van der Waals surface area contributed by atoms with Crippen LogP contribution in [0.15, 0.2) is 12.3 Å². The SMILES string of the molecule is ClCCCc1nccc2c1CCCC2. The Bertz CT molecular complexity index is 309. The fraction of sp³-hybridized carbons (Fsp3) is 0.583. The molecule has 0 saturated heterocycles. The first-order valence-corrected chi connectivity index (χ1v) is 5.97. The van der Waals surface area contributed by atoms with Crippen molar-refractivity contribution < 1.29 is 0 Å². The van der Waals surface area contributed by atoms with Crippen LogP contribution in [0.5, 0.6) is 0 Å². The molecule has 1 aromatic heterocycles. The fourth-order valence-electron chi connectivity index (χ4n) is 2.19. The van der Waals surface area contributed by atoms with E-state index in [4.69, 9.17) is 11.6 Å². The lowest BCUT2D eigenvalue weighted by Gasteiger charge is -2.18. The standard InChI is InChI=1S/C12H16ClN/c13-8-3-6-12-11-5-2-1-4-10(11)7-9-14-12/h7,9H,1-6,8H2. The van der Waals surface area contributed by atoms with Gasteiger partial charge in [0.2, 0.25) is 0 Å². The minimum atomic E-state index is 0.741. The van der Waals surface area contributed by atoms with Crippen molar-refractivity contribution >= 4 is 11.6 Å². The molecule has 0 spiro atoms. The number of nitrogens with zero attached hydrogens (tertiary/aromatic N) is 1. The molecule has 0 atom stereocenters.